The number of hydrogen-bond donors (Lipinski definition) is 0. The lowest BCUT2D eigenvalue weighted by molar-refractivity contribution is -0.224. The van der Waals surface area contributed by atoms with Crippen LogP contribution in [-0.4, -0.2) is 6.11 Å². The third kappa shape index (κ3) is 9.03. The van der Waals surface area contributed by atoms with Crippen molar-refractivity contribution < 1.29 is 49.3 Å². The van der Waals surface area contributed by atoms with Gasteiger partial charge >= 0.3 is 18.3 Å². The fourth-order valence-electron chi connectivity index (χ4n) is 6.58. The first-order valence-electron chi connectivity index (χ1n) is 15.3. The molecule has 0 radical (unpaired) electrons. The van der Waals surface area contributed by atoms with Crippen molar-refractivity contribution in [1.29, 1.82) is 0 Å². The van der Waals surface area contributed by atoms with E-state index in [1.54, 1.807) is 0 Å². The molecule has 2 fully saturated rings. The molecule has 0 unspecified atom stereocenters. The summed E-state index contributed by atoms with van der Waals surface area (Å²) in [6, 6.07) is 4.42. The van der Waals surface area contributed by atoms with Crippen LogP contribution in [0.3, 0.4) is 0 Å². The SMILES string of the molecule is CCCCCC1CCC(C2CCC(C(F)(F)Oc3cc(F)c(C(F)(F)Oc4ccc(OC=C(F)F)cc4)c(F)c3)CC2)CC1. The van der Waals surface area contributed by atoms with Crippen LogP contribution in [-0.2, 0) is 6.11 Å². The number of unbranched alkanes of at least 4 members (excludes halogenated alkanes) is 2. The van der Waals surface area contributed by atoms with Gasteiger partial charge in [-0.2, -0.15) is 26.3 Å². The van der Waals surface area contributed by atoms with Gasteiger partial charge in [-0.3, -0.25) is 0 Å². The summed E-state index contributed by atoms with van der Waals surface area (Å²) in [7, 11) is 0. The molecule has 4 rings (SSSR count). The van der Waals surface area contributed by atoms with Crippen molar-refractivity contribution in [3.63, 3.8) is 0 Å². The Balaban J connectivity index is 1.32. The summed E-state index contributed by atoms with van der Waals surface area (Å²) in [6.07, 6.45) is 0.966. The van der Waals surface area contributed by atoms with Gasteiger partial charge in [0.25, 0.3) is 0 Å². The predicted molar refractivity (Wildman–Crippen MR) is 149 cm³/mol. The molecule has 11 heteroatoms. The van der Waals surface area contributed by atoms with Crippen molar-refractivity contribution in [2.75, 3.05) is 0 Å². The van der Waals surface area contributed by atoms with Gasteiger partial charge in [0.1, 0.15) is 34.4 Å². The molecule has 0 heterocycles. The fourth-order valence-corrected chi connectivity index (χ4v) is 6.58. The lowest BCUT2D eigenvalue weighted by atomic mass is 9.68. The van der Waals surface area contributed by atoms with E-state index in [2.05, 4.69) is 16.4 Å². The molecule has 0 aliphatic heterocycles. The third-order valence-corrected chi connectivity index (χ3v) is 8.94. The maximum atomic E-state index is 15.1. The fraction of sp³-hybridized carbons (Fsp3) is 0.576. The molecule has 0 atom stereocenters. The molecule has 2 aromatic rings. The second-order valence-electron chi connectivity index (χ2n) is 11.9. The zero-order valence-electron chi connectivity index (χ0n) is 24.6. The predicted octanol–water partition coefficient (Wildman–Crippen LogP) is 11.4. The van der Waals surface area contributed by atoms with E-state index < -0.39 is 52.9 Å². The van der Waals surface area contributed by atoms with E-state index >= 15 is 8.78 Å². The van der Waals surface area contributed by atoms with Crippen molar-refractivity contribution in [3.05, 3.63) is 65.9 Å². The van der Waals surface area contributed by atoms with E-state index in [0.29, 0.717) is 24.7 Å². The van der Waals surface area contributed by atoms with Crippen LogP contribution in [0.1, 0.15) is 89.5 Å². The summed E-state index contributed by atoms with van der Waals surface area (Å²) < 4.78 is 127. The zero-order valence-corrected chi connectivity index (χ0v) is 24.6. The van der Waals surface area contributed by atoms with Gasteiger partial charge < -0.3 is 14.2 Å². The second-order valence-corrected chi connectivity index (χ2v) is 11.9. The molecule has 2 saturated carbocycles. The molecular weight excluding hydrogens is 596 g/mol. The van der Waals surface area contributed by atoms with Crippen molar-refractivity contribution in [2.24, 2.45) is 23.7 Å². The summed E-state index contributed by atoms with van der Waals surface area (Å²) >= 11 is 0. The number of rotatable bonds is 13. The Bertz CT molecular complexity index is 1210. The summed E-state index contributed by atoms with van der Waals surface area (Å²) in [5, 5.41) is 0. The van der Waals surface area contributed by atoms with Crippen LogP contribution in [0.15, 0.2) is 48.7 Å². The Labute approximate surface area is 252 Å². The van der Waals surface area contributed by atoms with Gasteiger partial charge in [0.05, 0.1) is 5.92 Å². The van der Waals surface area contributed by atoms with Gasteiger partial charge in [0, 0.05) is 12.1 Å². The molecule has 0 saturated heterocycles. The largest absolute Gasteiger partial charge is 0.459 e. The summed E-state index contributed by atoms with van der Waals surface area (Å²) in [5.41, 5.74) is -1.79. The van der Waals surface area contributed by atoms with Crippen molar-refractivity contribution >= 4 is 0 Å². The van der Waals surface area contributed by atoms with Gasteiger partial charge in [0.2, 0.25) is 0 Å². The molecule has 2 aromatic carbocycles. The molecule has 0 spiro atoms. The van der Waals surface area contributed by atoms with E-state index in [9.17, 15) is 26.3 Å². The van der Waals surface area contributed by atoms with Crippen LogP contribution in [0.5, 0.6) is 17.2 Å². The van der Waals surface area contributed by atoms with Gasteiger partial charge in [-0.05, 0) is 80.5 Å². The lowest BCUT2D eigenvalue weighted by Crippen LogP contribution is -2.38. The highest BCUT2D eigenvalue weighted by Crippen LogP contribution is 2.46. The average molecular weight is 635 g/mol. The Kier molecular flexibility index (Phi) is 11.5. The topological polar surface area (TPSA) is 27.7 Å². The summed E-state index contributed by atoms with van der Waals surface area (Å²) in [5.74, 6) is -4.79. The minimum Gasteiger partial charge on any atom is -0.459 e. The molecular formula is C33H38F8O3. The van der Waals surface area contributed by atoms with E-state index in [1.807, 2.05) is 0 Å². The van der Waals surface area contributed by atoms with Gasteiger partial charge in [-0.25, -0.2) is 8.78 Å². The molecule has 2 aliphatic carbocycles. The Morgan fingerprint density at radius 2 is 1.30 bits per heavy atom. The van der Waals surface area contributed by atoms with Crippen LogP contribution in [0.25, 0.3) is 0 Å². The minimum atomic E-state index is -4.55. The molecule has 0 bridgehead atoms. The van der Waals surface area contributed by atoms with E-state index in [1.165, 1.54) is 38.5 Å². The van der Waals surface area contributed by atoms with Crippen LogP contribution >= 0.6 is 0 Å². The monoisotopic (exact) mass is 634 g/mol. The quantitative estimate of drug-likeness (QED) is 0.125. The Hall–Kier alpha value is -2.98. The normalized spacial score (nSPS) is 22.8. The Morgan fingerprint density at radius 3 is 1.84 bits per heavy atom. The van der Waals surface area contributed by atoms with Crippen molar-refractivity contribution in [1.82, 2.24) is 0 Å². The highest BCUT2D eigenvalue weighted by Gasteiger charge is 2.46. The summed E-state index contributed by atoms with van der Waals surface area (Å²) in [4.78, 5) is 0. The first-order chi connectivity index (χ1) is 20.9. The third-order valence-electron chi connectivity index (χ3n) is 8.94. The van der Waals surface area contributed by atoms with E-state index in [0.717, 1.165) is 43.0 Å². The highest BCUT2D eigenvalue weighted by molar-refractivity contribution is 5.35. The van der Waals surface area contributed by atoms with Crippen LogP contribution in [0, 0.1) is 35.3 Å². The summed E-state index contributed by atoms with van der Waals surface area (Å²) in [6.45, 7) is 2.19. The number of benzene rings is 2. The molecule has 3 nitrogen and oxygen atoms in total. The second kappa shape index (κ2) is 14.9. The first kappa shape index (κ1) is 33.9. The highest BCUT2D eigenvalue weighted by atomic mass is 19.3. The molecule has 244 valence electrons. The molecule has 2 aliphatic rings. The van der Waals surface area contributed by atoms with Crippen molar-refractivity contribution in [2.45, 2.75) is 96.2 Å². The number of hydrogen-bond acceptors (Lipinski definition) is 3. The average Bonchev–Trinajstić information content (AvgIpc) is 2.96. The molecule has 0 amide bonds. The van der Waals surface area contributed by atoms with Gasteiger partial charge in [-0.1, -0.05) is 45.4 Å². The minimum absolute atomic E-state index is 0.134. The zero-order chi connectivity index (χ0) is 31.9. The number of halogens is 8. The number of ether oxygens (including phenoxy) is 3. The first-order valence-corrected chi connectivity index (χ1v) is 15.3. The smallest absolute Gasteiger partial charge is 0.432 e. The van der Waals surface area contributed by atoms with Crippen LogP contribution < -0.4 is 14.2 Å². The van der Waals surface area contributed by atoms with Crippen LogP contribution in [0.4, 0.5) is 35.1 Å². The van der Waals surface area contributed by atoms with Gasteiger partial charge in [0.15, 0.2) is 6.26 Å². The molecule has 0 aromatic heterocycles. The van der Waals surface area contributed by atoms with Crippen LogP contribution in [0.2, 0.25) is 0 Å². The molecule has 44 heavy (non-hydrogen) atoms. The Morgan fingerprint density at radius 1 is 0.750 bits per heavy atom. The number of alkyl halides is 4. The van der Waals surface area contributed by atoms with E-state index in [-0.39, 0.29) is 37.0 Å². The standard InChI is InChI=1S/C33H38F8O3/c1-2-3-4-5-21-6-8-22(9-7-21)23-10-12-24(13-11-23)32(38,39)44-27-18-28(34)31(29(35)19-27)33(40,41)43-26-16-14-25(15-17-26)42-20-30(36)37/h14-24H,2-13H2,1H3. The lowest BCUT2D eigenvalue weighted by Gasteiger charge is -2.39. The van der Waals surface area contributed by atoms with Crippen molar-refractivity contribution in [3.8, 4) is 17.2 Å². The maximum Gasteiger partial charge on any atom is 0.432 e. The van der Waals surface area contributed by atoms with E-state index in [4.69, 9.17) is 4.74 Å². The molecule has 0 N–H and O–H groups in total. The van der Waals surface area contributed by atoms with Gasteiger partial charge in [-0.15, -0.1) is 0 Å². The maximum absolute atomic E-state index is 15.1.